The second-order valence-electron chi connectivity index (χ2n) is 3.58. The quantitative estimate of drug-likeness (QED) is 0.656. The van der Waals surface area contributed by atoms with E-state index in [0.29, 0.717) is 5.13 Å². The van der Waals surface area contributed by atoms with Gasteiger partial charge in [-0.1, -0.05) is 29.9 Å². The molecule has 0 saturated heterocycles. The highest BCUT2D eigenvalue weighted by molar-refractivity contribution is 7.16. The number of nitrogens with one attached hydrogen (secondary N) is 1. The Morgan fingerprint density at radius 2 is 2.32 bits per heavy atom. The first kappa shape index (κ1) is 14.7. The van der Waals surface area contributed by atoms with Crippen molar-refractivity contribution < 1.29 is 4.79 Å². The molecule has 0 spiro atoms. The van der Waals surface area contributed by atoms with Crippen molar-refractivity contribution >= 4 is 22.4 Å². The number of carbonyl (C=O) groups is 1. The van der Waals surface area contributed by atoms with Crippen LogP contribution >= 0.6 is 11.3 Å². The van der Waals surface area contributed by atoms with Crippen molar-refractivity contribution in [3.05, 3.63) is 47.2 Å². The molecule has 1 rings (SSSR count). The monoisotopic (exact) mass is 273 g/mol. The van der Waals surface area contributed by atoms with E-state index < -0.39 is 0 Å². The summed E-state index contributed by atoms with van der Waals surface area (Å²) in [6.07, 6.45) is 6.53. The number of aryl methyl sites for hydroxylation is 1. The molecule has 1 amide bonds. The summed E-state index contributed by atoms with van der Waals surface area (Å²) in [5.41, 5.74) is 6.88. The van der Waals surface area contributed by atoms with Crippen LogP contribution in [0, 0.1) is 18.8 Å². The molecule has 0 atom stereocenters. The Hall–Kier alpha value is -2.32. The van der Waals surface area contributed by atoms with Gasteiger partial charge in [-0.25, -0.2) is 4.98 Å². The fourth-order valence-electron chi connectivity index (χ4n) is 1.21. The molecule has 0 aliphatic rings. The van der Waals surface area contributed by atoms with Gasteiger partial charge in [-0.15, -0.1) is 0 Å². The van der Waals surface area contributed by atoms with E-state index in [1.807, 2.05) is 6.92 Å². The van der Waals surface area contributed by atoms with Gasteiger partial charge in [0, 0.05) is 12.5 Å². The topological polar surface area (TPSA) is 68.0 Å². The van der Waals surface area contributed by atoms with Crippen molar-refractivity contribution in [3.63, 3.8) is 0 Å². The minimum Gasteiger partial charge on any atom is -0.405 e. The van der Waals surface area contributed by atoms with E-state index in [-0.39, 0.29) is 5.91 Å². The Labute approximate surface area is 116 Å². The number of nitrogens with two attached hydrogens (primary N) is 1. The molecule has 19 heavy (non-hydrogen) atoms. The number of aromatic nitrogens is 1. The van der Waals surface area contributed by atoms with Crippen LogP contribution in [0.25, 0.3) is 0 Å². The van der Waals surface area contributed by atoms with Gasteiger partial charge in [0.2, 0.25) is 5.91 Å². The number of allylic oxidation sites excluding steroid dienone is 4. The van der Waals surface area contributed by atoms with E-state index in [9.17, 15) is 4.79 Å². The maximum atomic E-state index is 10.9. The highest BCUT2D eigenvalue weighted by Crippen LogP contribution is 2.21. The van der Waals surface area contributed by atoms with Gasteiger partial charge in [0.15, 0.2) is 5.13 Å². The zero-order valence-electron chi connectivity index (χ0n) is 10.9. The molecule has 5 heteroatoms. The Morgan fingerprint density at radius 1 is 1.58 bits per heavy atom. The molecule has 0 bridgehead atoms. The number of thiazole rings is 1. The van der Waals surface area contributed by atoms with Gasteiger partial charge < -0.3 is 11.1 Å². The molecule has 4 nitrogen and oxygen atoms in total. The summed E-state index contributed by atoms with van der Waals surface area (Å²) in [5.74, 6) is 5.84. The standard InChI is InChI=1S/C14H15N3OS/c1-4-5-12(8-9-15)6-7-13-10(2)16-14(19-13)17-11(3)18/h4-5,8-9H,1,15H2,2-3H3,(H,16,17,18)/b9-8-,12-5-. The fourth-order valence-corrected chi connectivity index (χ4v) is 2.08. The van der Waals surface area contributed by atoms with Crippen LogP contribution in [-0.2, 0) is 4.79 Å². The molecule has 0 radical (unpaired) electrons. The molecular formula is C14H15N3OS. The zero-order valence-corrected chi connectivity index (χ0v) is 11.7. The Kier molecular flexibility index (Phi) is 5.58. The Balaban J connectivity index is 2.99. The number of hydrogen-bond acceptors (Lipinski definition) is 4. The first-order valence-corrected chi connectivity index (χ1v) is 6.36. The van der Waals surface area contributed by atoms with Crippen molar-refractivity contribution in [3.8, 4) is 11.8 Å². The van der Waals surface area contributed by atoms with Gasteiger partial charge in [0.25, 0.3) is 0 Å². The summed E-state index contributed by atoms with van der Waals surface area (Å²) in [4.78, 5) is 16.0. The third-order valence-corrected chi connectivity index (χ3v) is 2.96. The van der Waals surface area contributed by atoms with Crippen LogP contribution in [0.5, 0.6) is 0 Å². The highest BCUT2D eigenvalue weighted by Gasteiger charge is 2.06. The summed E-state index contributed by atoms with van der Waals surface area (Å²) in [5, 5.41) is 3.19. The first-order valence-electron chi connectivity index (χ1n) is 5.55. The van der Waals surface area contributed by atoms with Crippen LogP contribution < -0.4 is 11.1 Å². The van der Waals surface area contributed by atoms with Crippen LogP contribution in [-0.4, -0.2) is 10.9 Å². The molecule has 1 aromatic heterocycles. The maximum absolute atomic E-state index is 10.9. The Bertz CT molecular complexity index is 600. The average molecular weight is 273 g/mol. The van der Waals surface area contributed by atoms with Gasteiger partial charge in [-0.3, -0.25) is 4.79 Å². The van der Waals surface area contributed by atoms with Crippen LogP contribution in [0.4, 0.5) is 5.13 Å². The lowest BCUT2D eigenvalue weighted by atomic mass is 10.2. The number of anilines is 1. The number of hydrogen-bond donors (Lipinski definition) is 2. The van der Waals surface area contributed by atoms with Gasteiger partial charge >= 0.3 is 0 Å². The summed E-state index contributed by atoms with van der Waals surface area (Å²) >= 11 is 1.34. The largest absolute Gasteiger partial charge is 0.405 e. The molecule has 0 aliphatic carbocycles. The van der Waals surface area contributed by atoms with Crippen LogP contribution in [0.15, 0.2) is 36.6 Å². The number of rotatable bonds is 3. The van der Waals surface area contributed by atoms with Gasteiger partial charge in [0.1, 0.15) is 4.88 Å². The van der Waals surface area contributed by atoms with Crippen LogP contribution in [0.2, 0.25) is 0 Å². The second kappa shape index (κ2) is 7.19. The van der Waals surface area contributed by atoms with Crippen molar-refractivity contribution in [2.75, 3.05) is 5.32 Å². The lowest BCUT2D eigenvalue weighted by Gasteiger charge is -1.91. The van der Waals surface area contributed by atoms with Gasteiger partial charge in [0.05, 0.1) is 5.69 Å². The summed E-state index contributed by atoms with van der Waals surface area (Å²) in [6.45, 7) is 6.91. The number of nitrogens with zero attached hydrogens (tertiary/aromatic N) is 1. The highest BCUT2D eigenvalue weighted by atomic mass is 32.1. The van der Waals surface area contributed by atoms with Crippen LogP contribution in [0.3, 0.4) is 0 Å². The molecule has 0 aliphatic heterocycles. The molecule has 0 saturated carbocycles. The normalized spacial score (nSPS) is 10.9. The lowest BCUT2D eigenvalue weighted by Crippen LogP contribution is -2.04. The van der Waals surface area contributed by atoms with E-state index in [2.05, 4.69) is 28.7 Å². The third-order valence-electron chi connectivity index (χ3n) is 1.97. The SMILES string of the molecule is C=C/C=C(C#Cc1sc(NC(C)=O)nc1C)\C=C/N. The van der Waals surface area contributed by atoms with Gasteiger partial charge in [-0.2, -0.15) is 0 Å². The summed E-state index contributed by atoms with van der Waals surface area (Å²) in [6, 6.07) is 0. The van der Waals surface area contributed by atoms with Crippen molar-refractivity contribution in [2.24, 2.45) is 5.73 Å². The van der Waals surface area contributed by atoms with E-state index in [1.165, 1.54) is 24.5 Å². The molecule has 1 aromatic rings. The molecule has 0 fully saturated rings. The smallest absolute Gasteiger partial charge is 0.223 e. The summed E-state index contributed by atoms with van der Waals surface area (Å²) < 4.78 is 0. The van der Waals surface area contributed by atoms with Crippen molar-refractivity contribution in [1.29, 1.82) is 0 Å². The minimum atomic E-state index is -0.147. The molecule has 3 N–H and O–H groups in total. The van der Waals surface area contributed by atoms with E-state index in [4.69, 9.17) is 5.73 Å². The van der Waals surface area contributed by atoms with Crippen molar-refractivity contribution in [1.82, 2.24) is 4.98 Å². The fraction of sp³-hybridized carbons (Fsp3) is 0.143. The minimum absolute atomic E-state index is 0.147. The van der Waals surface area contributed by atoms with E-state index in [0.717, 1.165) is 16.1 Å². The maximum Gasteiger partial charge on any atom is 0.223 e. The first-order chi connectivity index (χ1) is 9.06. The van der Waals surface area contributed by atoms with E-state index in [1.54, 1.807) is 18.2 Å². The third kappa shape index (κ3) is 4.82. The predicted molar refractivity (Wildman–Crippen MR) is 79.6 cm³/mol. The predicted octanol–water partition coefficient (Wildman–Crippen LogP) is 2.35. The van der Waals surface area contributed by atoms with Gasteiger partial charge in [-0.05, 0) is 31.2 Å². The number of carbonyl (C=O) groups excluding carboxylic acids is 1. The molecule has 98 valence electrons. The van der Waals surface area contributed by atoms with Crippen LogP contribution in [0.1, 0.15) is 17.5 Å². The van der Waals surface area contributed by atoms with E-state index >= 15 is 0 Å². The molecular weight excluding hydrogens is 258 g/mol. The summed E-state index contributed by atoms with van der Waals surface area (Å²) in [7, 11) is 0. The molecule has 1 heterocycles. The average Bonchev–Trinajstić information content (AvgIpc) is 2.66. The lowest BCUT2D eigenvalue weighted by molar-refractivity contribution is -0.114. The molecule has 0 unspecified atom stereocenters. The second-order valence-corrected chi connectivity index (χ2v) is 4.58. The zero-order chi connectivity index (χ0) is 14.3. The molecule has 0 aromatic carbocycles. The Morgan fingerprint density at radius 3 is 2.89 bits per heavy atom. The van der Waals surface area contributed by atoms with Crippen molar-refractivity contribution in [2.45, 2.75) is 13.8 Å². The number of amides is 1.